The van der Waals surface area contributed by atoms with E-state index in [4.69, 9.17) is 11.6 Å². The summed E-state index contributed by atoms with van der Waals surface area (Å²) < 4.78 is 0. The number of benzene rings is 1. The number of halogens is 3. The number of nitrogens with zero attached hydrogens (tertiary/aromatic N) is 3. The van der Waals surface area contributed by atoms with Crippen LogP contribution in [-0.4, -0.2) is 50.3 Å². The van der Waals surface area contributed by atoms with Gasteiger partial charge in [0.2, 0.25) is 5.82 Å². The summed E-state index contributed by atoms with van der Waals surface area (Å²) >= 11 is 6.37. The van der Waals surface area contributed by atoms with Crippen molar-refractivity contribution in [3.8, 4) is 11.4 Å². The number of rotatable bonds is 4. The first kappa shape index (κ1) is 22.7. The zero-order valence-electron chi connectivity index (χ0n) is 15.0. The zero-order valence-corrected chi connectivity index (χ0v) is 17.4. The largest absolute Gasteiger partial charge is 0.480 e. The molecule has 8 nitrogen and oxygen atoms in total. The number of nitrogens with one attached hydrogen (secondary N) is 3. The molecule has 2 aromatic rings. The molecule has 0 spiro atoms. The van der Waals surface area contributed by atoms with Crippen LogP contribution in [0.15, 0.2) is 18.2 Å². The van der Waals surface area contributed by atoms with Crippen molar-refractivity contribution >= 4 is 48.1 Å². The fraction of sp³-hybridized carbons (Fsp3) is 0.529. The molecule has 1 aromatic heterocycles. The Hall–Kier alpha value is -1.61. The lowest BCUT2D eigenvalue weighted by Crippen LogP contribution is -2.50. The number of piperidine rings is 1. The summed E-state index contributed by atoms with van der Waals surface area (Å²) in [7, 11) is 0. The number of carboxylic acids is 1. The highest BCUT2D eigenvalue weighted by Crippen LogP contribution is 2.39. The highest BCUT2D eigenvalue weighted by Gasteiger charge is 2.37. The standard InChI is InChI=1S/C17H21ClN6O2.2ClH/c18-12-2-1-3-13(15(12)16-21-23-24-22-16)20-11-5-4-9-8-19-14(17(25)26)7-10(9)6-11;;/h1-3,9-11,14,19-20H,4-8H2,(H,25,26)(H,21,22,23,24);2*1H/t9-,10+,11-,14-;;/m0../s1. The summed E-state index contributed by atoms with van der Waals surface area (Å²) in [5.41, 5.74) is 1.62. The molecule has 1 saturated carbocycles. The average molecular weight is 450 g/mol. The van der Waals surface area contributed by atoms with Gasteiger partial charge in [-0.05, 0) is 61.4 Å². The number of hydrogen-bond donors (Lipinski definition) is 4. The first-order chi connectivity index (χ1) is 12.6. The highest BCUT2D eigenvalue weighted by molar-refractivity contribution is 6.33. The first-order valence-corrected chi connectivity index (χ1v) is 9.24. The van der Waals surface area contributed by atoms with Crippen LogP contribution < -0.4 is 10.6 Å². The lowest BCUT2D eigenvalue weighted by Gasteiger charge is -2.42. The molecule has 4 N–H and O–H groups in total. The number of carboxylic acid groups (broad SMARTS) is 1. The molecule has 28 heavy (non-hydrogen) atoms. The Labute approximate surface area is 180 Å². The van der Waals surface area contributed by atoms with Crippen LogP contribution in [0.3, 0.4) is 0 Å². The number of anilines is 1. The van der Waals surface area contributed by atoms with Crippen LogP contribution in [-0.2, 0) is 4.79 Å². The third kappa shape index (κ3) is 4.68. The van der Waals surface area contributed by atoms with Gasteiger partial charge in [0, 0.05) is 11.7 Å². The molecule has 1 aliphatic carbocycles. The number of fused-ring (bicyclic) bond motifs is 1. The molecule has 2 aliphatic rings. The van der Waals surface area contributed by atoms with Crippen LogP contribution in [0.25, 0.3) is 11.4 Å². The number of aromatic amines is 1. The monoisotopic (exact) mass is 448 g/mol. The predicted octanol–water partition coefficient (Wildman–Crippen LogP) is 3.01. The number of aliphatic carboxylic acids is 1. The van der Waals surface area contributed by atoms with Gasteiger partial charge < -0.3 is 15.7 Å². The van der Waals surface area contributed by atoms with E-state index in [-0.39, 0.29) is 30.9 Å². The fourth-order valence-electron chi connectivity index (χ4n) is 4.24. The maximum atomic E-state index is 11.3. The fourth-order valence-corrected chi connectivity index (χ4v) is 4.50. The van der Waals surface area contributed by atoms with Gasteiger partial charge in [-0.15, -0.1) is 35.0 Å². The van der Waals surface area contributed by atoms with Crippen molar-refractivity contribution in [1.29, 1.82) is 0 Å². The molecular formula is C17H23Cl3N6O2. The van der Waals surface area contributed by atoms with Crippen molar-refractivity contribution in [3.63, 3.8) is 0 Å². The number of aromatic nitrogens is 4. The van der Waals surface area contributed by atoms with Crippen molar-refractivity contribution in [2.24, 2.45) is 11.8 Å². The third-order valence-corrected chi connectivity index (χ3v) is 5.86. The van der Waals surface area contributed by atoms with E-state index in [1.54, 1.807) is 6.07 Å². The first-order valence-electron chi connectivity index (χ1n) is 8.87. The predicted molar refractivity (Wildman–Crippen MR) is 111 cm³/mol. The topological polar surface area (TPSA) is 116 Å². The molecule has 4 atom stereocenters. The van der Waals surface area contributed by atoms with Gasteiger partial charge in [0.05, 0.1) is 10.6 Å². The molecule has 11 heteroatoms. The van der Waals surface area contributed by atoms with E-state index >= 15 is 0 Å². The molecule has 1 saturated heterocycles. The summed E-state index contributed by atoms with van der Waals surface area (Å²) in [5.74, 6) is 0.670. The van der Waals surface area contributed by atoms with Gasteiger partial charge in [0.1, 0.15) is 6.04 Å². The average Bonchev–Trinajstić information content (AvgIpc) is 3.15. The van der Waals surface area contributed by atoms with E-state index < -0.39 is 12.0 Å². The Kier molecular flexibility index (Phi) is 7.88. The Balaban J connectivity index is 0.00000140. The van der Waals surface area contributed by atoms with Crippen molar-refractivity contribution in [3.05, 3.63) is 23.2 Å². The van der Waals surface area contributed by atoms with E-state index in [2.05, 4.69) is 31.3 Å². The zero-order chi connectivity index (χ0) is 18.1. The number of carbonyl (C=O) groups is 1. The van der Waals surface area contributed by atoms with Crippen LogP contribution in [0.1, 0.15) is 25.7 Å². The van der Waals surface area contributed by atoms with Crippen LogP contribution in [0.5, 0.6) is 0 Å². The summed E-state index contributed by atoms with van der Waals surface area (Å²) in [4.78, 5) is 11.3. The number of H-pyrrole nitrogens is 1. The van der Waals surface area contributed by atoms with Gasteiger partial charge in [-0.2, -0.15) is 5.21 Å². The molecule has 1 aromatic carbocycles. The molecule has 2 fully saturated rings. The van der Waals surface area contributed by atoms with Gasteiger partial charge >= 0.3 is 5.97 Å². The van der Waals surface area contributed by atoms with E-state index in [0.717, 1.165) is 37.1 Å². The summed E-state index contributed by atoms with van der Waals surface area (Å²) in [6.07, 6.45) is 3.76. The molecule has 1 aliphatic heterocycles. The minimum absolute atomic E-state index is 0. The Morgan fingerprint density at radius 1 is 1.21 bits per heavy atom. The van der Waals surface area contributed by atoms with Gasteiger partial charge in [-0.25, -0.2) is 0 Å². The quantitative estimate of drug-likeness (QED) is 0.567. The van der Waals surface area contributed by atoms with E-state index in [1.807, 2.05) is 12.1 Å². The summed E-state index contributed by atoms with van der Waals surface area (Å²) in [5, 5.41) is 30.8. The molecule has 0 amide bonds. The second-order valence-corrected chi connectivity index (χ2v) is 7.51. The van der Waals surface area contributed by atoms with Crippen LogP contribution in [0.4, 0.5) is 5.69 Å². The van der Waals surface area contributed by atoms with Gasteiger partial charge in [0.25, 0.3) is 0 Å². The van der Waals surface area contributed by atoms with Gasteiger partial charge in [0.15, 0.2) is 0 Å². The van der Waals surface area contributed by atoms with Crippen molar-refractivity contribution < 1.29 is 9.90 Å². The molecule has 0 bridgehead atoms. The molecule has 0 unspecified atom stereocenters. The Morgan fingerprint density at radius 3 is 2.75 bits per heavy atom. The smallest absolute Gasteiger partial charge is 0.320 e. The van der Waals surface area contributed by atoms with Gasteiger partial charge in [-0.1, -0.05) is 17.7 Å². The Morgan fingerprint density at radius 2 is 2.04 bits per heavy atom. The second kappa shape index (κ2) is 9.73. The van der Waals surface area contributed by atoms with Crippen LogP contribution >= 0.6 is 36.4 Å². The number of hydrogen-bond acceptors (Lipinski definition) is 6. The van der Waals surface area contributed by atoms with Crippen molar-refractivity contribution in [1.82, 2.24) is 25.9 Å². The van der Waals surface area contributed by atoms with Crippen LogP contribution in [0, 0.1) is 11.8 Å². The lowest BCUT2D eigenvalue weighted by molar-refractivity contribution is -0.141. The molecule has 154 valence electrons. The maximum absolute atomic E-state index is 11.3. The normalized spacial score (nSPS) is 26.3. The lowest BCUT2D eigenvalue weighted by atomic mass is 9.72. The van der Waals surface area contributed by atoms with Gasteiger partial charge in [-0.3, -0.25) is 4.79 Å². The number of tetrazole rings is 1. The SMILES string of the molecule is Cl.Cl.O=C(O)[C@@H]1C[C@H]2C[C@@H](Nc3cccc(Cl)c3-c3nn[nH]n3)CC[C@H]2CN1. The van der Waals surface area contributed by atoms with Crippen molar-refractivity contribution in [2.75, 3.05) is 11.9 Å². The minimum atomic E-state index is -0.757. The third-order valence-electron chi connectivity index (χ3n) is 5.55. The van der Waals surface area contributed by atoms with E-state index in [0.29, 0.717) is 29.1 Å². The molecule has 0 radical (unpaired) electrons. The van der Waals surface area contributed by atoms with E-state index in [9.17, 15) is 9.90 Å². The van der Waals surface area contributed by atoms with E-state index in [1.165, 1.54) is 0 Å². The summed E-state index contributed by atoms with van der Waals surface area (Å²) in [6, 6.07) is 5.50. The summed E-state index contributed by atoms with van der Waals surface area (Å²) in [6.45, 7) is 0.791. The maximum Gasteiger partial charge on any atom is 0.320 e. The van der Waals surface area contributed by atoms with Crippen LogP contribution in [0.2, 0.25) is 5.02 Å². The highest BCUT2D eigenvalue weighted by atomic mass is 35.5. The molecule has 2 heterocycles. The molecular weight excluding hydrogens is 427 g/mol. The second-order valence-electron chi connectivity index (χ2n) is 7.11. The minimum Gasteiger partial charge on any atom is -0.480 e. The van der Waals surface area contributed by atoms with Crippen molar-refractivity contribution in [2.45, 2.75) is 37.8 Å². The Bertz CT molecular complexity index is 791. The molecule has 4 rings (SSSR count).